The number of nitrogens with zero attached hydrogens (tertiary/aromatic N) is 1. The van der Waals surface area contributed by atoms with Crippen molar-refractivity contribution in [2.24, 2.45) is 5.73 Å². The van der Waals surface area contributed by atoms with Crippen molar-refractivity contribution in [1.29, 1.82) is 0 Å². The molecule has 6 heteroatoms. The summed E-state index contributed by atoms with van der Waals surface area (Å²) in [5.41, 5.74) is 6.33. The van der Waals surface area contributed by atoms with Gasteiger partial charge in [-0.3, -0.25) is 4.79 Å². The van der Waals surface area contributed by atoms with E-state index in [0.29, 0.717) is 12.6 Å². The summed E-state index contributed by atoms with van der Waals surface area (Å²) in [5, 5.41) is 3.56. The van der Waals surface area contributed by atoms with Crippen LogP contribution in [0, 0.1) is 5.82 Å². The average molecular weight is 371 g/mol. The van der Waals surface area contributed by atoms with Crippen molar-refractivity contribution in [2.75, 3.05) is 0 Å². The summed E-state index contributed by atoms with van der Waals surface area (Å²) in [6, 6.07) is 8.44. The molecule has 3 N–H and O–H groups in total. The van der Waals surface area contributed by atoms with Crippen LogP contribution in [0.3, 0.4) is 0 Å². The van der Waals surface area contributed by atoms with E-state index in [1.807, 2.05) is 6.07 Å². The molecule has 3 rings (SSSR count). The van der Waals surface area contributed by atoms with Crippen LogP contribution in [0.15, 0.2) is 36.5 Å². The third-order valence-electron chi connectivity index (χ3n) is 4.93. The maximum absolute atomic E-state index is 14.4. The molecule has 0 aliphatic heterocycles. The van der Waals surface area contributed by atoms with Gasteiger partial charge >= 0.3 is 0 Å². The smallest absolute Gasteiger partial charge is 0.250 e. The van der Waals surface area contributed by atoms with Gasteiger partial charge in [0, 0.05) is 24.8 Å². The fraction of sp³-hybridized carbons (Fsp3) is 0.429. The van der Waals surface area contributed by atoms with Crippen LogP contribution in [0.2, 0.25) is 0 Å². The van der Waals surface area contributed by atoms with Gasteiger partial charge in [0.15, 0.2) is 11.6 Å². The van der Waals surface area contributed by atoms with E-state index >= 15 is 0 Å². The molecule has 0 radical (unpaired) electrons. The van der Waals surface area contributed by atoms with Crippen molar-refractivity contribution in [2.45, 2.75) is 57.5 Å². The highest BCUT2D eigenvalue weighted by Crippen LogP contribution is 2.24. The number of benzene rings is 1. The van der Waals surface area contributed by atoms with Crippen LogP contribution in [0.5, 0.6) is 11.6 Å². The van der Waals surface area contributed by atoms with Crippen LogP contribution >= 0.6 is 0 Å². The van der Waals surface area contributed by atoms with E-state index in [-0.39, 0.29) is 17.2 Å². The molecule has 0 spiro atoms. The monoisotopic (exact) mass is 371 g/mol. The van der Waals surface area contributed by atoms with Crippen LogP contribution in [-0.2, 0) is 6.54 Å². The van der Waals surface area contributed by atoms with E-state index in [1.54, 1.807) is 6.07 Å². The lowest BCUT2D eigenvalue weighted by Crippen LogP contribution is -2.29. The summed E-state index contributed by atoms with van der Waals surface area (Å²) in [4.78, 5) is 15.0. The van der Waals surface area contributed by atoms with Gasteiger partial charge in [-0.1, -0.05) is 38.2 Å². The Morgan fingerprint density at radius 3 is 2.52 bits per heavy atom. The molecule has 2 aromatic rings. The summed E-state index contributed by atoms with van der Waals surface area (Å²) >= 11 is 0. The Labute approximate surface area is 159 Å². The number of nitrogens with two attached hydrogens (primary N) is 1. The predicted octanol–water partition coefficient (Wildman–Crippen LogP) is 4.31. The van der Waals surface area contributed by atoms with Crippen LogP contribution in [0.4, 0.5) is 4.39 Å². The minimum Gasteiger partial charge on any atom is -0.436 e. The second kappa shape index (κ2) is 9.46. The van der Waals surface area contributed by atoms with E-state index < -0.39 is 11.7 Å². The quantitative estimate of drug-likeness (QED) is 0.793. The van der Waals surface area contributed by atoms with Gasteiger partial charge in [-0.05, 0) is 36.6 Å². The zero-order chi connectivity index (χ0) is 19.1. The van der Waals surface area contributed by atoms with Gasteiger partial charge < -0.3 is 15.8 Å². The number of halogens is 1. The molecule has 1 aliphatic rings. The van der Waals surface area contributed by atoms with Gasteiger partial charge in [-0.25, -0.2) is 9.37 Å². The molecule has 0 saturated heterocycles. The summed E-state index contributed by atoms with van der Waals surface area (Å²) in [6.07, 6.45) is 10.2. The number of ether oxygens (including phenoxy) is 1. The Morgan fingerprint density at radius 2 is 1.89 bits per heavy atom. The lowest BCUT2D eigenvalue weighted by molar-refractivity contribution is 0.1000. The Kier molecular flexibility index (Phi) is 6.76. The normalized spacial score (nSPS) is 15.7. The van der Waals surface area contributed by atoms with Gasteiger partial charge in [-0.15, -0.1) is 0 Å². The van der Waals surface area contributed by atoms with Crippen molar-refractivity contribution in [3.63, 3.8) is 0 Å². The van der Waals surface area contributed by atoms with Crippen LogP contribution in [0.25, 0.3) is 0 Å². The molecule has 1 fully saturated rings. The molecule has 1 aliphatic carbocycles. The molecule has 0 bridgehead atoms. The summed E-state index contributed by atoms with van der Waals surface area (Å²) in [6.45, 7) is 0.646. The number of aromatic nitrogens is 1. The summed E-state index contributed by atoms with van der Waals surface area (Å²) in [5.74, 6) is -0.697. The zero-order valence-electron chi connectivity index (χ0n) is 15.4. The number of pyridine rings is 1. The first-order valence-corrected chi connectivity index (χ1v) is 9.57. The third-order valence-corrected chi connectivity index (χ3v) is 4.93. The first kappa shape index (κ1) is 19.3. The molecule has 1 aromatic carbocycles. The van der Waals surface area contributed by atoms with Crippen LogP contribution in [0.1, 0.15) is 60.9 Å². The first-order valence-electron chi connectivity index (χ1n) is 9.57. The highest BCUT2D eigenvalue weighted by molar-refractivity contribution is 5.92. The predicted molar refractivity (Wildman–Crippen MR) is 102 cm³/mol. The Hall–Kier alpha value is -2.47. The highest BCUT2D eigenvalue weighted by Gasteiger charge is 2.12. The van der Waals surface area contributed by atoms with E-state index in [9.17, 15) is 9.18 Å². The van der Waals surface area contributed by atoms with E-state index in [1.165, 1.54) is 69.3 Å². The summed E-state index contributed by atoms with van der Waals surface area (Å²) < 4.78 is 19.8. The SMILES string of the molecule is NC(=O)c1ccc(Oc2ccc(CNC3CCCCCCC3)cc2F)nc1. The molecule has 1 aromatic heterocycles. The number of primary amides is 1. The lowest BCUT2D eigenvalue weighted by atomic mass is 9.96. The largest absolute Gasteiger partial charge is 0.436 e. The highest BCUT2D eigenvalue weighted by atomic mass is 19.1. The fourth-order valence-corrected chi connectivity index (χ4v) is 3.36. The van der Waals surface area contributed by atoms with E-state index in [0.717, 1.165) is 5.56 Å². The van der Waals surface area contributed by atoms with Gasteiger partial charge in [0.05, 0.1) is 5.56 Å². The molecule has 0 atom stereocenters. The van der Waals surface area contributed by atoms with Gasteiger partial charge in [0.1, 0.15) is 0 Å². The van der Waals surface area contributed by atoms with Crippen molar-refractivity contribution in [3.05, 3.63) is 53.5 Å². The third kappa shape index (κ3) is 5.76. The van der Waals surface area contributed by atoms with E-state index in [4.69, 9.17) is 10.5 Å². The van der Waals surface area contributed by atoms with Gasteiger partial charge in [0.2, 0.25) is 11.8 Å². The maximum atomic E-state index is 14.4. The van der Waals surface area contributed by atoms with Crippen molar-refractivity contribution < 1.29 is 13.9 Å². The number of hydrogen-bond acceptors (Lipinski definition) is 4. The number of nitrogens with one attached hydrogen (secondary N) is 1. The van der Waals surface area contributed by atoms with Gasteiger partial charge in [0.25, 0.3) is 0 Å². The molecule has 5 nitrogen and oxygen atoms in total. The molecule has 0 unspecified atom stereocenters. The minimum atomic E-state index is -0.568. The number of amides is 1. The lowest BCUT2D eigenvalue weighted by Gasteiger charge is -2.21. The molecule has 1 saturated carbocycles. The second-order valence-corrected chi connectivity index (χ2v) is 7.04. The number of carbonyl (C=O) groups is 1. The van der Waals surface area contributed by atoms with Crippen LogP contribution < -0.4 is 15.8 Å². The maximum Gasteiger partial charge on any atom is 0.250 e. The Balaban J connectivity index is 1.57. The van der Waals surface area contributed by atoms with E-state index in [2.05, 4.69) is 10.3 Å². The Morgan fingerprint density at radius 1 is 1.15 bits per heavy atom. The van der Waals surface area contributed by atoms with Crippen molar-refractivity contribution in [3.8, 4) is 11.6 Å². The molecular weight excluding hydrogens is 345 g/mol. The standard InChI is InChI=1S/C21H26FN3O2/c22-18-12-15(13-24-17-6-4-2-1-3-5-7-17)8-10-19(18)27-20-11-9-16(14-25-20)21(23)26/h8-12,14,17,24H,1-7,13H2,(H2,23,26). The fourth-order valence-electron chi connectivity index (χ4n) is 3.36. The molecule has 1 amide bonds. The van der Waals surface area contributed by atoms with Crippen molar-refractivity contribution >= 4 is 5.91 Å². The average Bonchev–Trinajstić information content (AvgIpc) is 2.63. The number of carbonyl (C=O) groups excluding carboxylic acids is 1. The topological polar surface area (TPSA) is 77.2 Å². The van der Waals surface area contributed by atoms with Crippen LogP contribution in [-0.4, -0.2) is 16.9 Å². The first-order chi connectivity index (χ1) is 13.1. The minimum absolute atomic E-state index is 0.101. The zero-order valence-corrected chi connectivity index (χ0v) is 15.4. The van der Waals surface area contributed by atoms with Gasteiger partial charge in [-0.2, -0.15) is 0 Å². The Bertz CT molecular complexity index is 757. The summed E-state index contributed by atoms with van der Waals surface area (Å²) in [7, 11) is 0. The molecule has 27 heavy (non-hydrogen) atoms. The molecule has 144 valence electrons. The molecular formula is C21H26FN3O2. The second-order valence-electron chi connectivity index (χ2n) is 7.04. The number of rotatable bonds is 6. The number of hydrogen-bond donors (Lipinski definition) is 2. The molecule has 1 heterocycles. The van der Waals surface area contributed by atoms with Crippen molar-refractivity contribution in [1.82, 2.24) is 10.3 Å².